The fourth-order valence-corrected chi connectivity index (χ4v) is 1.87. The van der Waals surface area contributed by atoms with Crippen molar-refractivity contribution in [2.75, 3.05) is 14.2 Å². The predicted octanol–water partition coefficient (Wildman–Crippen LogP) is 2.61. The smallest absolute Gasteiger partial charge is 0.271 e. The van der Waals surface area contributed by atoms with Gasteiger partial charge in [-0.3, -0.25) is 4.79 Å². The predicted molar refractivity (Wildman–Crippen MR) is 81.0 cm³/mol. The van der Waals surface area contributed by atoms with Gasteiger partial charge in [0.05, 0.1) is 20.4 Å². The largest absolute Gasteiger partial charge is 0.493 e. The molecule has 0 saturated heterocycles. The molecule has 0 atom stereocenters. The number of rotatable bonds is 5. The lowest BCUT2D eigenvalue weighted by atomic mass is 10.2. The van der Waals surface area contributed by atoms with Crippen molar-refractivity contribution in [1.29, 1.82) is 0 Å². The van der Waals surface area contributed by atoms with Gasteiger partial charge in [-0.15, -0.1) is 0 Å². The second kappa shape index (κ2) is 7.21. The Balaban J connectivity index is 2.11. The van der Waals surface area contributed by atoms with Gasteiger partial charge in [-0.05, 0) is 30.3 Å². The molecule has 22 heavy (non-hydrogen) atoms. The first-order valence-electron chi connectivity index (χ1n) is 6.45. The Morgan fingerprint density at radius 2 is 1.95 bits per heavy atom. The normalized spacial score (nSPS) is 10.5. The topological polar surface area (TPSA) is 59.9 Å². The third-order valence-electron chi connectivity index (χ3n) is 2.89. The number of hydrazone groups is 1. The number of amides is 1. The van der Waals surface area contributed by atoms with Crippen molar-refractivity contribution in [2.24, 2.45) is 5.10 Å². The van der Waals surface area contributed by atoms with Gasteiger partial charge < -0.3 is 9.47 Å². The van der Waals surface area contributed by atoms with Crippen LogP contribution in [0.5, 0.6) is 11.5 Å². The van der Waals surface area contributed by atoms with Crippen molar-refractivity contribution in [2.45, 2.75) is 0 Å². The minimum atomic E-state index is -0.502. The van der Waals surface area contributed by atoms with Gasteiger partial charge in [-0.25, -0.2) is 9.82 Å². The van der Waals surface area contributed by atoms with Gasteiger partial charge in [0.25, 0.3) is 5.91 Å². The fraction of sp³-hybridized carbons (Fsp3) is 0.125. The van der Waals surface area contributed by atoms with Crippen LogP contribution in [-0.2, 0) is 0 Å². The van der Waals surface area contributed by atoms with Crippen LogP contribution in [0.15, 0.2) is 47.6 Å². The highest BCUT2D eigenvalue weighted by atomic mass is 19.1. The molecule has 0 aliphatic carbocycles. The molecular weight excluding hydrogens is 287 g/mol. The number of nitrogens with one attached hydrogen (secondary N) is 1. The van der Waals surface area contributed by atoms with Crippen LogP contribution in [0.3, 0.4) is 0 Å². The number of ether oxygens (including phenoxy) is 2. The Morgan fingerprint density at radius 3 is 2.64 bits per heavy atom. The minimum absolute atomic E-state index is 0.190. The lowest BCUT2D eigenvalue weighted by Crippen LogP contribution is -2.17. The number of nitrogens with zero attached hydrogens (tertiary/aromatic N) is 1. The second-order valence-electron chi connectivity index (χ2n) is 4.29. The first-order valence-corrected chi connectivity index (χ1v) is 6.45. The summed E-state index contributed by atoms with van der Waals surface area (Å²) in [5.41, 5.74) is 3.16. The number of carbonyl (C=O) groups excluding carboxylic acids is 1. The molecule has 0 radical (unpaired) electrons. The lowest BCUT2D eigenvalue weighted by molar-refractivity contribution is 0.0954. The Hall–Kier alpha value is -2.89. The van der Waals surface area contributed by atoms with Crippen molar-refractivity contribution in [3.05, 3.63) is 59.4 Å². The molecule has 0 aliphatic heterocycles. The van der Waals surface area contributed by atoms with Gasteiger partial charge >= 0.3 is 0 Å². The van der Waals surface area contributed by atoms with Crippen LogP contribution >= 0.6 is 0 Å². The SMILES string of the molecule is COc1cccc(/C=N\NC(=O)c2cccc(F)c2)c1OC. The van der Waals surface area contributed by atoms with Gasteiger partial charge in [0.1, 0.15) is 5.82 Å². The average molecular weight is 302 g/mol. The molecule has 114 valence electrons. The van der Waals surface area contributed by atoms with E-state index in [4.69, 9.17) is 9.47 Å². The van der Waals surface area contributed by atoms with Crippen molar-refractivity contribution in [1.82, 2.24) is 5.43 Å². The van der Waals surface area contributed by atoms with E-state index in [9.17, 15) is 9.18 Å². The Labute approximate surface area is 127 Å². The highest BCUT2D eigenvalue weighted by molar-refractivity contribution is 5.95. The maximum Gasteiger partial charge on any atom is 0.271 e. The van der Waals surface area contributed by atoms with E-state index in [0.29, 0.717) is 17.1 Å². The number of hydrogen-bond acceptors (Lipinski definition) is 4. The number of para-hydroxylation sites is 1. The quantitative estimate of drug-likeness (QED) is 0.682. The van der Waals surface area contributed by atoms with Gasteiger partial charge in [0.15, 0.2) is 11.5 Å². The monoisotopic (exact) mass is 302 g/mol. The molecule has 1 N–H and O–H groups in total. The Kier molecular flexibility index (Phi) is 5.08. The highest BCUT2D eigenvalue weighted by Gasteiger charge is 2.08. The molecule has 0 fully saturated rings. The molecule has 0 bridgehead atoms. The van der Waals surface area contributed by atoms with E-state index in [2.05, 4.69) is 10.5 Å². The van der Waals surface area contributed by atoms with Crippen LogP contribution < -0.4 is 14.9 Å². The molecule has 1 amide bonds. The molecule has 0 saturated carbocycles. The number of benzene rings is 2. The summed E-state index contributed by atoms with van der Waals surface area (Å²) >= 11 is 0. The zero-order valence-electron chi connectivity index (χ0n) is 12.2. The Morgan fingerprint density at radius 1 is 1.18 bits per heavy atom. The minimum Gasteiger partial charge on any atom is -0.493 e. The molecule has 0 spiro atoms. The summed E-state index contributed by atoms with van der Waals surface area (Å²) in [6, 6.07) is 10.6. The third-order valence-corrected chi connectivity index (χ3v) is 2.89. The van der Waals surface area contributed by atoms with Crippen LogP contribution in [0, 0.1) is 5.82 Å². The molecule has 0 aliphatic rings. The highest BCUT2D eigenvalue weighted by Crippen LogP contribution is 2.29. The van der Waals surface area contributed by atoms with E-state index in [1.165, 1.54) is 38.6 Å². The maximum atomic E-state index is 13.0. The van der Waals surface area contributed by atoms with Crippen molar-refractivity contribution in [3.63, 3.8) is 0 Å². The fourth-order valence-electron chi connectivity index (χ4n) is 1.87. The van der Waals surface area contributed by atoms with E-state index in [-0.39, 0.29) is 5.56 Å². The summed E-state index contributed by atoms with van der Waals surface area (Å²) in [6.45, 7) is 0. The van der Waals surface area contributed by atoms with Crippen LogP contribution in [0.25, 0.3) is 0 Å². The van der Waals surface area contributed by atoms with E-state index in [1.54, 1.807) is 18.2 Å². The molecule has 6 heteroatoms. The van der Waals surface area contributed by atoms with Crippen LogP contribution in [-0.4, -0.2) is 26.3 Å². The van der Waals surface area contributed by atoms with Crippen molar-refractivity contribution >= 4 is 12.1 Å². The maximum absolute atomic E-state index is 13.0. The number of halogens is 1. The van der Waals surface area contributed by atoms with Crippen LogP contribution in [0.2, 0.25) is 0 Å². The molecule has 0 heterocycles. The van der Waals surface area contributed by atoms with Gasteiger partial charge in [-0.1, -0.05) is 12.1 Å². The molecule has 2 aromatic carbocycles. The number of methoxy groups -OCH3 is 2. The summed E-state index contributed by atoms with van der Waals surface area (Å²) in [7, 11) is 3.05. The first-order chi connectivity index (χ1) is 10.7. The molecule has 5 nitrogen and oxygen atoms in total. The van der Waals surface area contributed by atoms with Gasteiger partial charge in [0, 0.05) is 11.1 Å². The number of hydrogen-bond donors (Lipinski definition) is 1. The van der Waals surface area contributed by atoms with E-state index in [0.717, 1.165) is 6.07 Å². The Bertz CT molecular complexity index is 702. The first kappa shape index (κ1) is 15.5. The molecule has 2 rings (SSSR count). The van der Waals surface area contributed by atoms with Crippen molar-refractivity contribution in [3.8, 4) is 11.5 Å². The third kappa shape index (κ3) is 3.60. The molecule has 0 aromatic heterocycles. The van der Waals surface area contributed by atoms with Gasteiger partial charge in [0.2, 0.25) is 0 Å². The average Bonchev–Trinajstić information content (AvgIpc) is 2.54. The summed E-state index contributed by atoms with van der Waals surface area (Å²) in [5, 5.41) is 3.85. The summed E-state index contributed by atoms with van der Waals surface area (Å²) < 4.78 is 23.5. The van der Waals surface area contributed by atoms with E-state index < -0.39 is 11.7 Å². The summed E-state index contributed by atoms with van der Waals surface area (Å²) in [5.74, 6) is 0.0837. The zero-order chi connectivity index (χ0) is 15.9. The molecule has 2 aromatic rings. The standard InChI is InChI=1S/C16H15FN2O3/c1-21-14-8-4-6-12(15(14)22-2)10-18-19-16(20)11-5-3-7-13(17)9-11/h3-10H,1-2H3,(H,19,20)/b18-10-. The second-order valence-corrected chi connectivity index (χ2v) is 4.29. The zero-order valence-corrected chi connectivity index (χ0v) is 12.2. The number of carbonyl (C=O) groups is 1. The van der Waals surface area contributed by atoms with E-state index in [1.807, 2.05) is 0 Å². The van der Waals surface area contributed by atoms with E-state index >= 15 is 0 Å². The molecular formula is C16H15FN2O3. The summed E-state index contributed by atoms with van der Waals surface area (Å²) in [6.07, 6.45) is 1.43. The van der Waals surface area contributed by atoms with Gasteiger partial charge in [-0.2, -0.15) is 5.10 Å². The summed E-state index contributed by atoms with van der Waals surface area (Å²) in [4.78, 5) is 11.8. The van der Waals surface area contributed by atoms with Crippen LogP contribution in [0.1, 0.15) is 15.9 Å². The lowest BCUT2D eigenvalue weighted by Gasteiger charge is -2.09. The van der Waals surface area contributed by atoms with Crippen LogP contribution in [0.4, 0.5) is 4.39 Å². The molecule has 0 unspecified atom stereocenters. The van der Waals surface area contributed by atoms with Crippen molar-refractivity contribution < 1.29 is 18.7 Å².